The molecule has 0 spiro atoms. The molecular weight excluding hydrogens is 202 g/mol. The number of hydrogen-bond acceptors (Lipinski definition) is 3. The number of methoxy groups -OCH3 is 1. The van der Waals surface area contributed by atoms with Gasteiger partial charge in [-0.2, -0.15) is 0 Å². The van der Waals surface area contributed by atoms with Gasteiger partial charge >= 0.3 is 0 Å². The third-order valence-electron chi connectivity index (χ3n) is 2.47. The van der Waals surface area contributed by atoms with Crippen LogP contribution in [-0.4, -0.2) is 25.4 Å². The van der Waals surface area contributed by atoms with E-state index in [2.05, 4.69) is 11.4 Å². The van der Waals surface area contributed by atoms with Crippen LogP contribution >= 0.6 is 0 Å². The summed E-state index contributed by atoms with van der Waals surface area (Å²) in [6.07, 6.45) is 3.10. The van der Waals surface area contributed by atoms with E-state index in [-0.39, 0.29) is 0 Å². The lowest BCUT2D eigenvalue weighted by molar-refractivity contribution is 0.283. The van der Waals surface area contributed by atoms with E-state index >= 15 is 0 Å². The topological polar surface area (TPSA) is 41.5 Å². The van der Waals surface area contributed by atoms with Gasteiger partial charge in [-0.25, -0.2) is 0 Å². The summed E-state index contributed by atoms with van der Waals surface area (Å²) in [5, 5.41) is 12.0. The maximum atomic E-state index is 8.62. The van der Waals surface area contributed by atoms with Gasteiger partial charge in [0, 0.05) is 13.2 Å². The van der Waals surface area contributed by atoms with Crippen molar-refractivity contribution in [3.63, 3.8) is 0 Å². The van der Waals surface area contributed by atoms with Crippen LogP contribution in [0.3, 0.4) is 0 Å². The number of nitrogens with one attached hydrogen (secondary N) is 1. The second-order valence-electron chi connectivity index (χ2n) is 3.81. The lowest BCUT2D eigenvalue weighted by Gasteiger charge is -2.06. The fourth-order valence-electron chi connectivity index (χ4n) is 1.55. The van der Waals surface area contributed by atoms with Gasteiger partial charge in [0.15, 0.2) is 0 Å². The van der Waals surface area contributed by atoms with Crippen molar-refractivity contribution in [3.05, 3.63) is 29.8 Å². The Labute approximate surface area is 97.4 Å². The molecule has 0 aliphatic carbocycles. The Kier molecular flexibility index (Phi) is 6.61. The molecule has 0 atom stereocenters. The predicted octanol–water partition coefficient (Wildman–Crippen LogP) is 1.95. The number of aliphatic hydroxyl groups excluding tert-OH is 1. The summed E-state index contributed by atoms with van der Waals surface area (Å²) in [5.41, 5.74) is 1.24. The molecule has 3 nitrogen and oxygen atoms in total. The first-order chi connectivity index (χ1) is 7.86. The van der Waals surface area contributed by atoms with E-state index in [1.54, 1.807) is 7.11 Å². The molecule has 0 saturated heterocycles. The van der Waals surface area contributed by atoms with Crippen LogP contribution in [0, 0.1) is 0 Å². The highest BCUT2D eigenvalue weighted by atomic mass is 16.5. The first kappa shape index (κ1) is 13.0. The van der Waals surface area contributed by atoms with Crippen molar-refractivity contribution >= 4 is 0 Å². The Morgan fingerprint density at radius 2 is 2.12 bits per heavy atom. The van der Waals surface area contributed by atoms with Crippen molar-refractivity contribution in [2.24, 2.45) is 0 Å². The van der Waals surface area contributed by atoms with Crippen molar-refractivity contribution in [1.82, 2.24) is 5.32 Å². The summed E-state index contributed by atoms with van der Waals surface area (Å²) in [7, 11) is 1.68. The van der Waals surface area contributed by atoms with Crippen molar-refractivity contribution in [2.75, 3.05) is 20.3 Å². The molecule has 0 unspecified atom stereocenters. The van der Waals surface area contributed by atoms with Crippen LogP contribution in [0.25, 0.3) is 0 Å². The summed E-state index contributed by atoms with van der Waals surface area (Å²) in [5.74, 6) is 0.902. The van der Waals surface area contributed by atoms with Gasteiger partial charge in [-0.1, -0.05) is 12.1 Å². The molecule has 0 aromatic heterocycles. The van der Waals surface area contributed by atoms with Gasteiger partial charge in [-0.05, 0) is 43.5 Å². The van der Waals surface area contributed by atoms with Crippen LogP contribution in [-0.2, 0) is 6.54 Å². The van der Waals surface area contributed by atoms with E-state index in [0.29, 0.717) is 6.61 Å². The average molecular weight is 223 g/mol. The highest BCUT2D eigenvalue weighted by Gasteiger charge is 1.95. The first-order valence-corrected chi connectivity index (χ1v) is 5.81. The molecule has 16 heavy (non-hydrogen) atoms. The highest BCUT2D eigenvalue weighted by Crippen LogP contribution is 2.12. The zero-order valence-electron chi connectivity index (χ0n) is 9.91. The molecular formula is C13H21NO2. The Balaban J connectivity index is 2.16. The van der Waals surface area contributed by atoms with Gasteiger partial charge in [0.2, 0.25) is 0 Å². The van der Waals surface area contributed by atoms with E-state index in [4.69, 9.17) is 9.84 Å². The Morgan fingerprint density at radius 3 is 2.88 bits per heavy atom. The molecule has 2 N–H and O–H groups in total. The fraction of sp³-hybridized carbons (Fsp3) is 0.538. The number of hydrogen-bond donors (Lipinski definition) is 2. The minimum absolute atomic E-state index is 0.301. The Bertz CT molecular complexity index is 289. The van der Waals surface area contributed by atoms with Crippen molar-refractivity contribution in [1.29, 1.82) is 0 Å². The molecule has 90 valence electrons. The molecule has 0 aliphatic rings. The van der Waals surface area contributed by atoms with Crippen LogP contribution in [0.1, 0.15) is 24.8 Å². The maximum absolute atomic E-state index is 8.62. The third-order valence-corrected chi connectivity index (χ3v) is 2.47. The Morgan fingerprint density at radius 1 is 1.25 bits per heavy atom. The van der Waals surface area contributed by atoms with Crippen LogP contribution in [0.5, 0.6) is 5.75 Å². The Hall–Kier alpha value is -1.06. The third kappa shape index (κ3) is 5.14. The van der Waals surface area contributed by atoms with Crippen LogP contribution in [0.2, 0.25) is 0 Å². The second kappa shape index (κ2) is 8.13. The largest absolute Gasteiger partial charge is 0.497 e. The summed E-state index contributed by atoms with van der Waals surface area (Å²) in [6.45, 7) is 2.17. The molecule has 0 radical (unpaired) electrons. The van der Waals surface area contributed by atoms with E-state index < -0.39 is 0 Å². The number of rotatable bonds is 8. The quantitative estimate of drug-likeness (QED) is 0.662. The van der Waals surface area contributed by atoms with Gasteiger partial charge in [-0.3, -0.25) is 0 Å². The minimum atomic E-state index is 0.301. The molecule has 1 aromatic carbocycles. The molecule has 0 fully saturated rings. The summed E-state index contributed by atoms with van der Waals surface area (Å²) >= 11 is 0. The molecule has 0 heterocycles. The average Bonchev–Trinajstić information content (AvgIpc) is 2.34. The van der Waals surface area contributed by atoms with Gasteiger partial charge < -0.3 is 15.2 Å². The summed E-state index contributed by atoms with van der Waals surface area (Å²) < 4.78 is 5.16. The molecule has 0 amide bonds. The second-order valence-corrected chi connectivity index (χ2v) is 3.81. The molecule has 1 rings (SSSR count). The zero-order valence-corrected chi connectivity index (χ0v) is 9.91. The van der Waals surface area contributed by atoms with Crippen molar-refractivity contribution in [3.8, 4) is 5.75 Å². The SMILES string of the molecule is COc1cccc(CNCCCCCO)c1. The van der Waals surface area contributed by atoms with Crippen molar-refractivity contribution in [2.45, 2.75) is 25.8 Å². The van der Waals surface area contributed by atoms with E-state index in [1.807, 2.05) is 18.2 Å². The van der Waals surface area contributed by atoms with Gasteiger partial charge in [0.1, 0.15) is 5.75 Å². The lowest BCUT2D eigenvalue weighted by Crippen LogP contribution is -2.14. The standard InChI is InChI=1S/C13H21NO2/c1-16-13-7-5-6-12(10-13)11-14-8-3-2-4-9-15/h5-7,10,14-15H,2-4,8-9,11H2,1H3. The summed E-state index contributed by atoms with van der Waals surface area (Å²) in [4.78, 5) is 0. The maximum Gasteiger partial charge on any atom is 0.119 e. The van der Waals surface area contributed by atoms with Gasteiger partial charge in [-0.15, -0.1) is 0 Å². The van der Waals surface area contributed by atoms with Crippen LogP contribution in [0.4, 0.5) is 0 Å². The van der Waals surface area contributed by atoms with Crippen molar-refractivity contribution < 1.29 is 9.84 Å². The summed E-state index contributed by atoms with van der Waals surface area (Å²) in [6, 6.07) is 8.08. The molecule has 0 bridgehead atoms. The number of ether oxygens (including phenoxy) is 1. The fourth-order valence-corrected chi connectivity index (χ4v) is 1.55. The predicted molar refractivity (Wildman–Crippen MR) is 65.6 cm³/mol. The van der Waals surface area contributed by atoms with Crippen LogP contribution in [0.15, 0.2) is 24.3 Å². The monoisotopic (exact) mass is 223 g/mol. The molecule has 1 aromatic rings. The van der Waals surface area contributed by atoms with E-state index in [9.17, 15) is 0 Å². The normalized spacial score (nSPS) is 10.4. The number of unbranched alkanes of at least 4 members (excludes halogenated alkanes) is 2. The number of aliphatic hydroxyl groups is 1. The van der Waals surface area contributed by atoms with Gasteiger partial charge in [0.25, 0.3) is 0 Å². The molecule has 3 heteroatoms. The zero-order chi connectivity index (χ0) is 11.6. The minimum Gasteiger partial charge on any atom is -0.497 e. The molecule has 0 saturated carbocycles. The molecule has 0 aliphatic heterocycles. The highest BCUT2D eigenvalue weighted by molar-refractivity contribution is 5.28. The van der Waals surface area contributed by atoms with Crippen LogP contribution < -0.4 is 10.1 Å². The first-order valence-electron chi connectivity index (χ1n) is 5.81. The lowest BCUT2D eigenvalue weighted by atomic mass is 10.2. The number of benzene rings is 1. The van der Waals surface area contributed by atoms with E-state index in [0.717, 1.165) is 38.1 Å². The van der Waals surface area contributed by atoms with E-state index in [1.165, 1.54) is 5.56 Å². The van der Waals surface area contributed by atoms with Gasteiger partial charge in [0.05, 0.1) is 7.11 Å². The smallest absolute Gasteiger partial charge is 0.119 e.